The first-order chi connectivity index (χ1) is 9.82. The van der Waals surface area contributed by atoms with Gasteiger partial charge in [-0.1, -0.05) is 13.8 Å². The molecule has 2 heterocycles. The lowest BCUT2D eigenvalue weighted by atomic mass is 10.2. The fourth-order valence-electron chi connectivity index (χ4n) is 2.37. The average molecular weight is 312 g/mol. The lowest BCUT2D eigenvalue weighted by Gasteiger charge is -2.18. The van der Waals surface area contributed by atoms with Crippen LogP contribution in [0, 0.1) is 6.92 Å². The second-order valence-electron chi connectivity index (χ2n) is 5.83. The zero-order valence-corrected chi connectivity index (χ0v) is 13.9. The van der Waals surface area contributed by atoms with Gasteiger partial charge in [0.1, 0.15) is 17.5 Å². The molecule has 0 spiro atoms. The van der Waals surface area contributed by atoms with Gasteiger partial charge < -0.3 is 10.6 Å². The molecule has 7 heteroatoms. The molecule has 0 amide bonds. The van der Waals surface area contributed by atoms with E-state index in [1.54, 1.807) is 0 Å². The summed E-state index contributed by atoms with van der Waals surface area (Å²) in [7, 11) is -2.90. The van der Waals surface area contributed by atoms with Crippen molar-refractivity contribution in [1.29, 1.82) is 0 Å². The number of nitrogens with zero attached hydrogens (tertiary/aromatic N) is 2. The molecule has 1 fully saturated rings. The fourth-order valence-corrected chi connectivity index (χ4v) is 4.05. The van der Waals surface area contributed by atoms with E-state index >= 15 is 0 Å². The van der Waals surface area contributed by atoms with E-state index in [1.165, 1.54) is 0 Å². The van der Waals surface area contributed by atoms with Crippen molar-refractivity contribution in [1.82, 2.24) is 9.97 Å². The van der Waals surface area contributed by atoms with Crippen molar-refractivity contribution in [3.8, 4) is 0 Å². The smallest absolute Gasteiger partial charge is 0.152 e. The Bertz CT molecular complexity index is 614. The van der Waals surface area contributed by atoms with Crippen LogP contribution in [-0.4, -0.2) is 42.5 Å². The van der Waals surface area contributed by atoms with E-state index < -0.39 is 9.84 Å². The molecule has 118 valence electrons. The molecule has 1 aromatic heterocycles. The normalized spacial score (nSPS) is 20.7. The van der Waals surface area contributed by atoms with E-state index in [9.17, 15) is 8.42 Å². The summed E-state index contributed by atoms with van der Waals surface area (Å²) in [5.74, 6) is 2.98. The second kappa shape index (κ2) is 6.17. The number of sulfone groups is 1. The van der Waals surface area contributed by atoms with Crippen LogP contribution in [0.1, 0.15) is 44.5 Å². The van der Waals surface area contributed by atoms with E-state index in [-0.39, 0.29) is 23.5 Å². The maximum Gasteiger partial charge on any atom is 0.152 e. The minimum atomic E-state index is -2.90. The van der Waals surface area contributed by atoms with Crippen LogP contribution in [0.5, 0.6) is 0 Å². The van der Waals surface area contributed by atoms with E-state index in [2.05, 4.69) is 20.6 Å². The maximum atomic E-state index is 11.6. The maximum absolute atomic E-state index is 11.6. The third-order valence-electron chi connectivity index (χ3n) is 3.60. The predicted octanol–water partition coefficient (Wildman–Crippen LogP) is 1.94. The van der Waals surface area contributed by atoms with Gasteiger partial charge >= 0.3 is 0 Å². The molecule has 0 radical (unpaired) electrons. The van der Waals surface area contributed by atoms with Crippen LogP contribution >= 0.6 is 0 Å². The summed E-state index contributed by atoms with van der Waals surface area (Å²) in [5, 5.41) is 6.53. The lowest BCUT2D eigenvalue weighted by molar-refractivity contribution is 0.602. The highest BCUT2D eigenvalue weighted by molar-refractivity contribution is 7.91. The quantitative estimate of drug-likeness (QED) is 0.864. The summed E-state index contributed by atoms with van der Waals surface area (Å²) >= 11 is 0. The summed E-state index contributed by atoms with van der Waals surface area (Å²) < 4.78 is 23.2. The first-order valence-electron chi connectivity index (χ1n) is 7.41. The van der Waals surface area contributed by atoms with Crippen molar-refractivity contribution in [3.05, 3.63) is 11.4 Å². The van der Waals surface area contributed by atoms with Crippen LogP contribution in [0.2, 0.25) is 0 Å². The molecule has 1 aliphatic rings. The van der Waals surface area contributed by atoms with Gasteiger partial charge in [-0.15, -0.1) is 0 Å². The average Bonchev–Trinajstić information content (AvgIpc) is 2.73. The van der Waals surface area contributed by atoms with E-state index in [0.717, 1.165) is 29.6 Å². The standard InChI is InChI=1S/C14H24N4O2S/c1-5-15-13-10(4)14(18-12(17-13)9(2)3)16-11-6-7-21(19,20)8-11/h9,11H,5-8H2,1-4H3,(H2,15,16,17,18). The monoisotopic (exact) mass is 312 g/mol. The van der Waals surface area contributed by atoms with Crippen LogP contribution in [0.25, 0.3) is 0 Å². The van der Waals surface area contributed by atoms with Crippen molar-refractivity contribution in [3.63, 3.8) is 0 Å². The van der Waals surface area contributed by atoms with Gasteiger partial charge in [-0.25, -0.2) is 18.4 Å². The predicted molar refractivity (Wildman–Crippen MR) is 85.7 cm³/mol. The number of nitrogens with one attached hydrogen (secondary N) is 2. The summed E-state index contributed by atoms with van der Waals surface area (Å²) in [6.45, 7) is 8.85. The molecule has 1 unspecified atom stereocenters. The van der Waals surface area contributed by atoms with Crippen molar-refractivity contribution >= 4 is 21.5 Å². The number of aromatic nitrogens is 2. The van der Waals surface area contributed by atoms with Crippen LogP contribution in [0.4, 0.5) is 11.6 Å². The summed E-state index contributed by atoms with van der Waals surface area (Å²) in [4.78, 5) is 9.11. The molecule has 0 aromatic carbocycles. The Kier molecular flexibility index (Phi) is 4.70. The molecule has 0 bridgehead atoms. The van der Waals surface area contributed by atoms with Gasteiger partial charge in [0.2, 0.25) is 0 Å². The SMILES string of the molecule is CCNc1nc(C(C)C)nc(NC2CCS(=O)(=O)C2)c1C. The zero-order valence-electron chi connectivity index (χ0n) is 13.1. The Balaban J connectivity index is 2.29. The number of anilines is 2. The summed E-state index contributed by atoms with van der Waals surface area (Å²) in [5.41, 5.74) is 0.936. The Morgan fingerprint density at radius 1 is 1.29 bits per heavy atom. The topological polar surface area (TPSA) is 84.0 Å². The Morgan fingerprint density at radius 2 is 1.95 bits per heavy atom. The zero-order chi connectivity index (χ0) is 15.6. The Labute approximate surface area is 126 Å². The van der Waals surface area contributed by atoms with Crippen LogP contribution in [0.3, 0.4) is 0 Å². The van der Waals surface area contributed by atoms with Gasteiger partial charge in [-0.3, -0.25) is 0 Å². The third kappa shape index (κ3) is 3.84. The molecule has 1 aromatic rings. The number of rotatable bonds is 5. The Morgan fingerprint density at radius 3 is 2.48 bits per heavy atom. The minimum absolute atomic E-state index is 0.0573. The summed E-state index contributed by atoms with van der Waals surface area (Å²) in [6, 6.07) is -0.0573. The molecular weight excluding hydrogens is 288 g/mol. The van der Waals surface area contributed by atoms with Gasteiger partial charge in [-0.2, -0.15) is 0 Å². The van der Waals surface area contributed by atoms with Crippen molar-refractivity contribution in [2.24, 2.45) is 0 Å². The van der Waals surface area contributed by atoms with Crippen molar-refractivity contribution in [2.45, 2.75) is 46.1 Å². The van der Waals surface area contributed by atoms with E-state index in [0.29, 0.717) is 6.42 Å². The molecule has 1 atom stereocenters. The Hall–Kier alpha value is -1.37. The largest absolute Gasteiger partial charge is 0.370 e. The minimum Gasteiger partial charge on any atom is -0.370 e. The van der Waals surface area contributed by atoms with Crippen molar-refractivity contribution in [2.75, 3.05) is 28.7 Å². The number of hydrogen-bond donors (Lipinski definition) is 2. The first kappa shape index (κ1) is 16.0. The first-order valence-corrected chi connectivity index (χ1v) is 9.24. The lowest BCUT2D eigenvalue weighted by Crippen LogP contribution is -2.23. The van der Waals surface area contributed by atoms with Gasteiger partial charge in [0, 0.05) is 24.1 Å². The molecule has 1 saturated heterocycles. The molecule has 21 heavy (non-hydrogen) atoms. The molecule has 6 nitrogen and oxygen atoms in total. The van der Waals surface area contributed by atoms with Crippen LogP contribution in [0.15, 0.2) is 0 Å². The van der Waals surface area contributed by atoms with Crippen LogP contribution in [-0.2, 0) is 9.84 Å². The summed E-state index contributed by atoms with van der Waals surface area (Å²) in [6.07, 6.45) is 0.638. The van der Waals surface area contributed by atoms with E-state index in [4.69, 9.17) is 0 Å². The van der Waals surface area contributed by atoms with Gasteiger partial charge in [0.25, 0.3) is 0 Å². The molecule has 0 aliphatic carbocycles. The van der Waals surface area contributed by atoms with Gasteiger partial charge in [0.15, 0.2) is 9.84 Å². The van der Waals surface area contributed by atoms with Crippen molar-refractivity contribution < 1.29 is 8.42 Å². The third-order valence-corrected chi connectivity index (χ3v) is 5.36. The molecule has 2 rings (SSSR count). The molecular formula is C14H24N4O2S. The van der Waals surface area contributed by atoms with Crippen LogP contribution < -0.4 is 10.6 Å². The molecule has 2 N–H and O–H groups in total. The van der Waals surface area contributed by atoms with E-state index in [1.807, 2.05) is 27.7 Å². The number of hydrogen-bond acceptors (Lipinski definition) is 6. The second-order valence-corrected chi connectivity index (χ2v) is 8.06. The molecule has 1 aliphatic heterocycles. The highest BCUT2D eigenvalue weighted by atomic mass is 32.2. The highest BCUT2D eigenvalue weighted by Crippen LogP contribution is 2.25. The molecule has 0 saturated carbocycles. The van der Waals surface area contributed by atoms with Gasteiger partial charge in [-0.05, 0) is 20.3 Å². The fraction of sp³-hybridized carbons (Fsp3) is 0.714. The highest BCUT2D eigenvalue weighted by Gasteiger charge is 2.28. The van der Waals surface area contributed by atoms with Gasteiger partial charge in [0.05, 0.1) is 11.5 Å².